The molecule has 5 heteroatoms. The largest absolute Gasteiger partial charge is 0.388 e. The Bertz CT molecular complexity index is 391. The predicted molar refractivity (Wildman–Crippen MR) is 74.0 cm³/mol. The topological polar surface area (TPSA) is 60.9 Å². The lowest BCUT2D eigenvalue weighted by Crippen LogP contribution is -2.48. The highest BCUT2D eigenvalue weighted by Crippen LogP contribution is 2.35. The van der Waals surface area contributed by atoms with Crippen molar-refractivity contribution in [3.05, 3.63) is 0 Å². The molecular weight excluding hydrogens is 256 g/mol. The van der Waals surface area contributed by atoms with Crippen molar-refractivity contribution in [1.29, 1.82) is 0 Å². The van der Waals surface area contributed by atoms with Gasteiger partial charge in [-0.05, 0) is 50.9 Å². The van der Waals surface area contributed by atoms with E-state index in [1.54, 1.807) is 4.90 Å². The summed E-state index contributed by atoms with van der Waals surface area (Å²) in [5, 5.41) is 10.7. The molecule has 1 saturated carbocycles. The molecule has 0 spiro atoms. The lowest BCUT2D eigenvalue weighted by atomic mass is 9.79. The van der Waals surface area contributed by atoms with Crippen LogP contribution in [0.15, 0.2) is 0 Å². The number of urea groups is 1. The van der Waals surface area contributed by atoms with Crippen LogP contribution in [0.1, 0.15) is 51.9 Å². The summed E-state index contributed by atoms with van der Waals surface area (Å²) in [6.07, 6.45) is 6.09. The van der Waals surface area contributed by atoms with E-state index in [0.29, 0.717) is 25.3 Å². The van der Waals surface area contributed by atoms with Gasteiger partial charge in [0.1, 0.15) is 6.04 Å². The zero-order chi connectivity index (χ0) is 14.3. The maximum Gasteiger partial charge on any atom is 0.327 e. The number of nitrogens with zero attached hydrogens (tertiary/aromatic N) is 2. The third kappa shape index (κ3) is 2.32. The molecule has 2 aliphatic heterocycles. The van der Waals surface area contributed by atoms with Crippen LogP contribution in [-0.2, 0) is 4.79 Å². The van der Waals surface area contributed by atoms with Gasteiger partial charge in [-0.3, -0.25) is 9.69 Å². The van der Waals surface area contributed by atoms with Crippen molar-refractivity contribution in [3.63, 3.8) is 0 Å². The van der Waals surface area contributed by atoms with Crippen LogP contribution in [0.3, 0.4) is 0 Å². The molecule has 1 atom stereocenters. The first kappa shape index (κ1) is 13.9. The molecule has 0 aromatic rings. The molecule has 3 amide bonds. The number of carbonyl (C=O) groups is 2. The Labute approximate surface area is 119 Å². The normalized spacial score (nSPS) is 38.3. The molecule has 3 aliphatic rings. The predicted octanol–water partition coefficient (Wildman–Crippen LogP) is 1.74. The van der Waals surface area contributed by atoms with E-state index in [2.05, 4.69) is 6.92 Å². The van der Waals surface area contributed by atoms with Crippen molar-refractivity contribution in [1.82, 2.24) is 9.80 Å². The zero-order valence-corrected chi connectivity index (χ0v) is 12.2. The van der Waals surface area contributed by atoms with Crippen molar-refractivity contribution in [2.75, 3.05) is 13.1 Å². The number of aliphatic hydroxyl groups is 1. The first-order valence-electron chi connectivity index (χ1n) is 7.84. The first-order chi connectivity index (χ1) is 9.50. The minimum Gasteiger partial charge on any atom is -0.388 e. The Morgan fingerprint density at radius 2 is 1.90 bits per heavy atom. The Morgan fingerprint density at radius 1 is 1.20 bits per heavy atom. The molecule has 0 aromatic heterocycles. The Balaban J connectivity index is 1.71. The van der Waals surface area contributed by atoms with Gasteiger partial charge < -0.3 is 10.0 Å². The summed E-state index contributed by atoms with van der Waals surface area (Å²) in [5.74, 6) is 0.535. The van der Waals surface area contributed by atoms with E-state index in [1.165, 1.54) is 4.90 Å². The molecule has 2 heterocycles. The van der Waals surface area contributed by atoms with E-state index in [-0.39, 0.29) is 24.5 Å². The summed E-state index contributed by atoms with van der Waals surface area (Å²) >= 11 is 0. The summed E-state index contributed by atoms with van der Waals surface area (Å²) in [7, 11) is 0. The number of fused-ring (bicyclic) bond motifs is 1. The highest BCUT2D eigenvalue weighted by molar-refractivity contribution is 6.04. The summed E-state index contributed by atoms with van der Waals surface area (Å²) in [6.45, 7) is 3.05. The Hall–Kier alpha value is -1.10. The van der Waals surface area contributed by atoms with Crippen LogP contribution in [-0.4, -0.2) is 51.6 Å². The number of amides is 3. The fourth-order valence-electron chi connectivity index (χ4n) is 3.74. The van der Waals surface area contributed by atoms with Gasteiger partial charge in [-0.2, -0.15) is 0 Å². The molecule has 2 saturated heterocycles. The smallest absolute Gasteiger partial charge is 0.327 e. The molecule has 1 unspecified atom stereocenters. The summed E-state index contributed by atoms with van der Waals surface area (Å²) in [6, 6.07) is -0.450. The van der Waals surface area contributed by atoms with E-state index in [4.69, 9.17) is 0 Å². The van der Waals surface area contributed by atoms with Crippen LogP contribution in [0, 0.1) is 5.92 Å². The molecule has 3 rings (SSSR count). The van der Waals surface area contributed by atoms with Crippen LogP contribution in [0.25, 0.3) is 0 Å². The quantitative estimate of drug-likeness (QED) is 0.784. The number of rotatable bonds is 2. The van der Waals surface area contributed by atoms with Crippen molar-refractivity contribution in [2.24, 2.45) is 5.92 Å². The second-order valence-corrected chi connectivity index (χ2v) is 6.82. The van der Waals surface area contributed by atoms with Gasteiger partial charge >= 0.3 is 6.03 Å². The maximum atomic E-state index is 12.4. The van der Waals surface area contributed by atoms with Crippen LogP contribution in [0.2, 0.25) is 0 Å². The molecule has 0 bridgehead atoms. The third-order valence-electron chi connectivity index (χ3n) is 5.19. The van der Waals surface area contributed by atoms with Gasteiger partial charge in [0.05, 0.1) is 12.1 Å². The lowest BCUT2D eigenvalue weighted by Gasteiger charge is -2.36. The van der Waals surface area contributed by atoms with Crippen molar-refractivity contribution < 1.29 is 14.7 Å². The molecule has 3 fully saturated rings. The van der Waals surface area contributed by atoms with Crippen LogP contribution >= 0.6 is 0 Å². The highest BCUT2D eigenvalue weighted by Gasteiger charge is 2.48. The fraction of sp³-hybridized carbons (Fsp3) is 0.867. The number of hydrogen-bond acceptors (Lipinski definition) is 3. The first-order valence-corrected chi connectivity index (χ1v) is 7.84. The number of imide groups is 1. The number of β-amino-alcohol motifs (C(OH)–C–C–N with tert-alkyl or cyclic N) is 1. The minimum absolute atomic E-state index is 0.0956. The second kappa shape index (κ2) is 5.02. The molecule has 5 nitrogen and oxygen atoms in total. The second-order valence-electron chi connectivity index (χ2n) is 6.82. The molecule has 1 aliphatic carbocycles. The summed E-state index contributed by atoms with van der Waals surface area (Å²) < 4.78 is 0. The maximum absolute atomic E-state index is 12.4. The summed E-state index contributed by atoms with van der Waals surface area (Å²) in [4.78, 5) is 27.7. The van der Waals surface area contributed by atoms with Gasteiger partial charge in [0, 0.05) is 6.54 Å². The van der Waals surface area contributed by atoms with Gasteiger partial charge in [-0.1, -0.05) is 6.92 Å². The van der Waals surface area contributed by atoms with E-state index < -0.39 is 5.60 Å². The van der Waals surface area contributed by atoms with Gasteiger partial charge in [-0.15, -0.1) is 0 Å². The van der Waals surface area contributed by atoms with Crippen LogP contribution in [0.5, 0.6) is 0 Å². The standard InChI is InChI=1S/C15H24N2O3/c1-11-5-7-15(20,8-6-11)10-17-13(18)12-4-2-3-9-16(12)14(17)19/h11-12,20H,2-10H2,1H3. The van der Waals surface area contributed by atoms with Gasteiger partial charge in [0.25, 0.3) is 5.91 Å². The molecule has 20 heavy (non-hydrogen) atoms. The van der Waals surface area contributed by atoms with Crippen LogP contribution < -0.4 is 0 Å². The van der Waals surface area contributed by atoms with Crippen molar-refractivity contribution >= 4 is 11.9 Å². The number of hydrogen-bond donors (Lipinski definition) is 1. The molecule has 0 aromatic carbocycles. The Morgan fingerprint density at radius 3 is 2.55 bits per heavy atom. The van der Waals surface area contributed by atoms with Crippen molar-refractivity contribution in [2.45, 2.75) is 63.5 Å². The van der Waals surface area contributed by atoms with Gasteiger partial charge in [-0.25, -0.2) is 4.79 Å². The van der Waals surface area contributed by atoms with Gasteiger partial charge in [0.2, 0.25) is 0 Å². The zero-order valence-electron chi connectivity index (χ0n) is 12.2. The summed E-state index contributed by atoms with van der Waals surface area (Å²) in [5.41, 5.74) is -0.869. The number of carbonyl (C=O) groups excluding carboxylic acids is 2. The fourth-order valence-corrected chi connectivity index (χ4v) is 3.74. The highest BCUT2D eigenvalue weighted by atomic mass is 16.3. The average Bonchev–Trinajstić information content (AvgIpc) is 2.68. The number of piperidine rings is 1. The minimum atomic E-state index is -0.869. The van der Waals surface area contributed by atoms with E-state index >= 15 is 0 Å². The van der Waals surface area contributed by atoms with Gasteiger partial charge in [0.15, 0.2) is 0 Å². The molecule has 0 radical (unpaired) electrons. The lowest BCUT2D eigenvalue weighted by molar-refractivity contribution is -0.132. The van der Waals surface area contributed by atoms with E-state index in [1.807, 2.05) is 0 Å². The molecule has 112 valence electrons. The molecule has 1 N–H and O–H groups in total. The SMILES string of the molecule is CC1CCC(O)(CN2C(=O)C3CCCCN3C2=O)CC1. The van der Waals surface area contributed by atoms with Crippen LogP contribution in [0.4, 0.5) is 4.79 Å². The van der Waals surface area contributed by atoms with E-state index in [9.17, 15) is 14.7 Å². The molecular formula is C15H24N2O3. The average molecular weight is 280 g/mol. The monoisotopic (exact) mass is 280 g/mol. The Kier molecular flexibility index (Phi) is 3.48. The van der Waals surface area contributed by atoms with E-state index in [0.717, 1.165) is 32.1 Å². The third-order valence-corrected chi connectivity index (χ3v) is 5.19. The van der Waals surface area contributed by atoms with Crippen molar-refractivity contribution in [3.8, 4) is 0 Å².